The van der Waals surface area contributed by atoms with Crippen LogP contribution in [0.4, 0.5) is 5.69 Å². The minimum absolute atomic E-state index is 0.178. The van der Waals surface area contributed by atoms with Crippen LogP contribution < -0.4 is 5.32 Å². The minimum atomic E-state index is -0.306. The number of carbonyl (C=O) groups excluding carboxylic acids is 1. The highest BCUT2D eigenvalue weighted by atomic mass is 35.5. The number of halogens is 3. The molecule has 5 heteroatoms. The quantitative estimate of drug-likeness (QED) is 0.804. The SMILES string of the molecule is C[C@H](C(=O)Nc1c(Cl)cc(Cl)cc1Cl)c1ccccc1. The summed E-state index contributed by atoms with van der Waals surface area (Å²) in [5.74, 6) is -0.485. The number of carbonyl (C=O) groups is 1. The maximum atomic E-state index is 12.2. The highest BCUT2D eigenvalue weighted by Gasteiger charge is 2.18. The number of benzene rings is 2. The topological polar surface area (TPSA) is 29.1 Å². The number of anilines is 1. The van der Waals surface area contributed by atoms with Crippen LogP contribution in [0.3, 0.4) is 0 Å². The number of nitrogens with one attached hydrogen (secondary N) is 1. The van der Waals surface area contributed by atoms with Gasteiger partial charge in [0.15, 0.2) is 0 Å². The summed E-state index contributed by atoms with van der Waals surface area (Å²) in [6, 6.07) is 12.6. The van der Waals surface area contributed by atoms with E-state index in [0.29, 0.717) is 20.8 Å². The summed E-state index contributed by atoms with van der Waals surface area (Å²) in [6.07, 6.45) is 0. The minimum Gasteiger partial charge on any atom is -0.323 e. The molecule has 0 saturated carbocycles. The van der Waals surface area contributed by atoms with Crippen molar-refractivity contribution in [2.75, 3.05) is 5.32 Å². The highest BCUT2D eigenvalue weighted by molar-refractivity contribution is 6.42. The van der Waals surface area contributed by atoms with Crippen molar-refractivity contribution in [3.63, 3.8) is 0 Å². The third-order valence-corrected chi connectivity index (χ3v) is 3.76. The van der Waals surface area contributed by atoms with Crippen LogP contribution in [0.1, 0.15) is 18.4 Å². The molecule has 2 rings (SSSR count). The molecule has 2 aromatic carbocycles. The lowest BCUT2D eigenvalue weighted by Crippen LogP contribution is -2.19. The molecule has 0 aliphatic carbocycles. The second-order valence-corrected chi connectivity index (χ2v) is 5.62. The Kier molecular flexibility index (Phi) is 4.92. The van der Waals surface area contributed by atoms with Crippen molar-refractivity contribution in [3.8, 4) is 0 Å². The summed E-state index contributed by atoms with van der Waals surface area (Å²) in [6.45, 7) is 1.82. The maximum Gasteiger partial charge on any atom is 0.231 e. The molecule has 0 aromatic heterocycles. The normalized spacial score (nSPS) is 12.0. The molecule has 2 nitrogen and oxygen atoms in total. The van der Waals surface area contributed by atoms with E-state index in [0.717, 1.165) is 5.56 Å². The van der Waals surface area contributed by atoms with Gasteiger partial charge >= 0.3 is 0 Å². The van der Waals surface area contributed by atoms with Crippen LogP contribution in [-0.2, 0) is 4.79 Å². The molecular formula is C15H12Cl3NO. The third-order valence-electron chi connectivity index (χ3n) is 2.95. The van der Waals surface area contributed by atoms with Crippen LogP contribution in [0.15, 0.2) is 42.5 Å². The Balaban J connectivity index is 2.20. The molecule has 0 unspecified atom stereocenters. The van der Waals surface area contributed by atoms with Crippen LogP contribution >= 0.6 is 34.8 Å². The summed E-state index contributed by atoms with van der Waals surface area (Å²) < 4.78 is 0. The van der Waals surface area contributed by atoms with Crippen molar-refractivity contribution in [1.29, 1.82) is 0 Å². The molecule has 0 fully saturated rings. The van der Waals surface area contributed by atoms with E-state index in [1.165, 1.54) is 12.1 Å². The fraction of sp³-hybridized carbons (Fsp3) is 0.133. The van der Waals surface area contributed by atoms with Crippen molar-refractivity contribution in [3.05, 3.63) is 63.1 Å². The molecule has 1 N–H and O–H groups in total. The second kappa shape index (κ2) is 6.49. The molecule has 0 aliphatic rings. The van der Waals surface area contributed by atoms with Gasteiger partial charge < -0.3 is 5.32 Å². The van der Waals surface area contributed by atoms with Crippen molar-refractivity contribution in [2.45, 2.75) is 12.8 Å². The van der Waals surface area contributed by atoms with Crippen molar-refractivity contribution < 1.29 is 4.79 Å². The zero-order valence-electron chi connectivity index (χ0n) is 10.7. The first kappa shape index (κ1) is 15.2. The predicted molar refractivity (Wildman–Crippen MR) is 85.0 cm³/mol. The van der Waals surface area contributed by atoms with E-state index < -0.39 is 0 Å². The Labute approximate surface area is 132 Å². The molecule has 0 spiro atoms. The lowest BCUT2D eigenvalue weighted by molar-refractivity contribution is -0.117. The van der Waals surface area contributed by atoms with Crippen molar-refractivity contribution in [2.24, 2.45) is 0 Å². The smallest absolute Gasteiger partial charge is 0.231 e. The van der Waals surface area contributed by atoms with Crippen LogP contribution in [0.5, 0.6) is 0 Å². The van der Waals surface area contributed by atoms with E-state index in [4.69, 9.17) is 34.8 Å². The average molecular weight is 329 g/mol. The first-order chi connectivity index (χ1) is 9.49. The molecule has 1 amide bonds. The van der Waals surface area contributed by atoms with E-state index in [1.807, 2.05) is 37.3 Å². The van der Waals surface area contributed by atoms with Gasteiger partial charge in [-0.2, -0.15) is 0 Å². The summed E-state index contributed by atoms with van der Waals surface area (Å²) in [7, 11) is 0. The largest absolute Gasteiger partial charge is 0.323 e. The van der Waals surface area contributed by atoms with Gasteiger partial charge in [-0.05, 0) is 24.6 Å². The number of rotatable bonds is 3. The van der Waals surface area contributed by atoms with E-state index in [-0.39, 0.29) is 11.8 Å². The van der Waals surface area contributed by atoms with Gasteiger partial charge in [0.2, 0.25) is 5.91 Å². The Bertz CT molecular complexity index is 605. The summed E-state index contributed by atoms with van der Waals surface area (Å²) in [4.78, 5) is 12.2. The Hall–Kier alpha value is -1.22. The van der Waals surface area contributed by atoms with Crippen molar-refractivity contribution in [1.82, 2.24) is 0 Å². The molecule has 0 radical (unpaired) electrons. The van der Waals surface area contributed by atoms with E-state index >= 15 is 0 Å². The molecule has 104 valence electrons. The van der Waals surface area contributed by atoms with E-state index in [1.54, 1.807) is 0 Å². The zero-order valence-corrected chi connectivity index (χ0v) is 12.9. The Morgan fingerprint density at radius 2 is 1.60 bits per heavy atom. The highest BCUT2D eigenvalue weighted by Crippen LogP contribution is 2.34. The second-order valence-electron chi connectivity index (χ2n) is 4.37. The lowest BCUT2D eigenvalue weighted by atomic mass is 10.0. The lowest BCUT2D eigenvalue weighted by Gasteiger charge is -2.14. The van der Waals surface area contributed by atoms with Gasteiger partial charge in [-0.25, -0.2) is 0 Å². The fourth-order valence-corrected chi connectivity index (χ4v) is 2.70. The van der Waals surface area contributed by atoms with Crippen LogP contribution in [-0.4, -0.2) is 5.91 Å². The van der Waals surface area contributed by atoms with Gasteiger partial charge in [-0.15, -0.1) is 0 Å². The maximum absolute atomic E-state index is 12.2. The molecule has 0 saturated heterocycles. The van der Waals surface area contributed by atoms with Crippen LogP contribution in [0.2, 0.25) is 15.1 Å². The number of hydrogen-bond donors (Lipinski definition) is 1. The van der Waals surface area contributed by atoms with E-state index in [9.17, 15) is 4.79 Å². The van der Waals surface area contributed by atoms with Gasteiger partial charge in [0.25, 0.3) is 0 Å². The van der Waals surface area contributed by atoms with E-state index in [2.05, 4.69) is 5.32 Å². The van der Waals surface area contributed by atoms with Gasteiger partial charge in [-0.1, -0.05) is 65.1 Å². The molecule has 0 heterocycles. The average Bonchev–Trinajstić information content (AvgIpc) is 2.42. The summed E-state index contributed by atoms with van der Waals surface area (Å²) in [5.41, 5.74) is 1.30. The van der Waals surface area contributed by atoms with Crippen LogP contribution in [0.25, 0.3) is 0 Å². The third kappa shape index (κ3) is 3.45. The van der Waals surface area contributed by atoms with Gasteiger partial charge in [-0.3, -0.25) is 4.79 Å². The molecular weight excluding hydrogens is 317 g/mol. The summed E-state index contributed by atoms with van der Waals surface area (Å²) in [5, 5.41) is 3.80. The fourth-order valence-electron chi connectivity index (χ4n) is 1.79. The number of hydrogen-bond acceptors (Lipinski definition) is 1. The Morgan fingerprint density at radius 1 is 1.05 bits per heavy atom. The Morgan fingerprint density at radius 3 is 2.15 bits per heavy atom. The first-order valence-electron chi connectivity index (χ1n) is 5.99. The summed E-state index contributed by atoms with van der Waals surface area (Å²) >= 11 is 17.9. The van der Waals surface area contributed by atoms with Crippen molar-refractivity contribution >= 4 is 46.4 Å². The zero-order chi connectivity index (χ0) is 14.7. The molecule has 2 aromatic rings. The first-order valence-corrected chi connectivity index (χ1v) is 7.13. The molecule has 20 heavy (non-hydrogen) atoms. The standard InChI is InChI=1S/C15H12Cl3NO/c1-9(10-5-3-2-4-6-10)15(20)19-14-12(17)7-11(16)8-13(14)18/h2-9H,1H3,(H,19,20)/t9-/m0/s1. The number of amides is 1. The molecule has 0 aliphatic heterocycles. The molecule has 0 bridgehead atoms. The van der Waals surface area contributed by atoms with Gasteiger partial charge in [0.1, 0.15) is 0 Å². The van der Waals surface area contributed by atoms with Crippen LogP contribution in [0, 0.1) is 0 Å². The van der Waals surface area contributed by atoms with Gasteiger partial charge in [0, 0.05) is 5.02 Å². The predicted octanol–water partition coefficient (Wildman–Crippen LogP) is 5.39. The van der Waals surface area contributed by atoms with Gasteiger partial charge in [0.05, 0.1) is 21.7 Å². The monoisotopic (exact) mass is 327 g/mol. The molecule has 1 atom stereocenters.